The molecule has 0 bridgehead atoms. The highest BCUT2D eigenvalue weighted by molar-refractivity contribution is 5.85. The molecule has 0 aliphatic carbocycles. The fourth-order valence-corrected chi connectivity index (χ4v) is 2.45. The summed E-state index contributed by atoms with van der Waals surface area (Å²) in [4.78, 5) is 11.9. The van der Waals surface area contributed by atoms with E-state index >= 15 is 0 Å². The second-order valence-electron chi connectivity index (χ2n) is 5.32. The molecule has 0 aliphatic heterocycles. The monoisotopic (exact) mass is 287 g/mol. The van der Waals surface area contributed by atoms with Crippen LogP contribution in [0.4, 0.5) is 0 Å². The highest BCUT2D eigenvalue weighted by atomic mass is 16.1. The van der Waals surface area contributed by atoms with Crippen LogP contribution < -0.4 is 10.6 Å². The Hall–Kier alpha value is -1.81. The maximum atomic E-state index is 11.9. The lowest BCUT2D eigenvalue weighted by atomic mass is 10.1. The van der Waals surface area contributed by atoms with Gasteiger partial charge in [0.25, 0.3) is 0 Å². The second kappa shape index (κ2) is 7.84. The van der Waals surface area contributed by atoms with Gasteiger partial charge in [0.2, 0.25) is 5.91 Å². The number of carbonyl (C=O) groups is 1. The maximum absolute atomic E-state index is 11.9. The van der Waals surface area contributed by atoms with E-state index in [9.17, 15) is 4.79 Å². The van der Waals surface area contributed by atoms with Crippen LogP contribution in [0.5, 0.6) is 0 Å². The van der Waals surface area contributed by atoms with Gasteiger partial charge in [-0.1, -0.05) is 26.0 Å². The number of rotatable bonds is 8. The highest BCUT2D eigenvalue weighted by Crippen LogP contribution is 2.20. The van der Waals surface area contributed by atoms with Gasteiger partial charge in [0.1, 0.15) is 6.54 Å². The molecule has 21 heavy (non-hydrogen) atoms. The fourth-order valence-electron chi connectivity index (χ4n) is 2.45. The molecule has 2 aromatic rings. The number of benzene rings is 1. The van der Waals surface area contributed by atoms with Crippen molar-refractivity contribution >= 4 is 16.8 Å². The molecule has 0 saturated carbocycles. The summed E-state index contributed by atoms with van der Waals surface area (Å²) in [6, 6.07) is 8.38. The third-order valence-corrected chi connectivity index (χ3v) is 3.53. The summed E-state index contributed by atoms with van der Waals surface area (Å²) in [5.41, 5.74) is 2.41. The molecule has 4 nitrogen and oxygen atoms in total. The molecule has 0 unspecified atom stereocenters. The lowest BCUT2D eigenvalue weighted by Crippen LogP contribution is -2.27. The molecular formula is C17H25N3O. The number of carbonyl (C=O) groups excluding carboxylic acids is 1. The van der Waals surface area contributed by atoms with Gasteiger partial charge < -0.3 is 15.2 Å². The number of nitrogens with one attached hydrogen (secondary N) is 2. The van der Waals surface area contributed by atoms with E-state index in [2.05, 4.69) is 48.7 Å². The van der Waals surface area contributed by atoms with Gasteiger partial charge in [-0.05, 0) is 37.1 Å². The Morgan fingerprint density at radius 3 is 2.71 bits per heavy atom. The zero-order valence-corrected chi connectivity index (χ0v) is 13.0. The van der Waals surface area contributed by atoms with Crippen LogP contribution in [0, 0.1) is 0 Å². The summed E-state index contributed by atoms with van der Waals surface area (Å²) < 4.78 is 2.02. The molecule has 1 aromatic carbocycles. The first-order chi connectivity index (χ1) is 10.3. The van der Waals surface area contributed by atoms with Crippen molar-refractivity contribution in [3.8, 4) is 0 Å². The molecular weight excluding hydrogens is 262 g/mol. The van der Waals surface area contributed by atoms with E-state index in [4.69, 9.17) is 0 Å². The summed E-state index contributed by atoms with van der Waals surface area (Å²) in [5.74, 6) is 0.0730. The van der Waals surface area contributed by atoms with E-state index in [1.165, 1.54) is 10.9 Å². The summed E-state index contributed by atoms with van der Waals surface area (Å²) >= 11 is 0. The number of hydrogen-bond acceptors (Lipinski definition) is 2. The average molecular weight is 287 g/mol. The summed E-state index contributed by atoms with van der Waals surface area (Å²) in [5, 5.41) is 7.58. The largest absolute Gasteiger partial charge is 0.355 e. The SMILES string of the molecule is CCCNCc1cccc2c1ccn2CC(=O)NCCC. The number of amides is 1. The Morgan fingerprint density at radius 2 is 1.95 bits per heavy atom. The minimum atomic E-state index is 0.0730. The molecule has 114 valence electrons. The van der Waals surface area contributed by atoms with Crippen LogP contribution in [-0.2, 0) is 17.9 Å². The minimum Gasteiger partial charge on any atom is -0.355 e. The van der Waals surface area contributed by atoms with Crippen LogP contribution in [-0.4, -0.2) is 23.6 Å². The van der Waals surface area contributed by atoms with E-state index in [1.807, 2.05) is 10.8 Å². The Morgan fingerprint density at radius 1 is 1.14 bits per heavy atom. The van der Waals surface area contributed by atoms with Crippen LogP contribution in [0.25, 0.3) is 10.9 Å². The van der Waals surface area contributed by atoms with Crippen molar-refractivity contribution in [2.24, 2.45) is 0 Å². The van der Waals surface area contributed by atoms with E-state index in [0.29, 0.717) is 6.54 Å². The highest BCUT2D eigenvalue weighted by Gasteiger charge is 2.08. The lowest BCUT2D eigenvalue weighted by Gasteiger charge is -2.08. The zero-order chi connectivity index (χ0) is 15.1. The van der Waals surface area contributed by atoms with Crippen molar-refractivity contribution in [2.45, 2.75) is 39.8 Å². The molecule has 0 radical (unpaired) electrons. The molecule has 1 aromatic heterocycles. The number of nitrogens with zero attached hydrogens (tertiary/aromatic N) is 1. The molecule has 2 rings (SSSR count). The Kier molecular flexibility index (Phi) is 5.81. The number of fused-ring (bicyclic) bond motifs is 1. The van der Waals surface area contributed by atoms with Crippen molar-refractivity contribution in [2.75, 3.05) is 13.1 Å². The first-order valence-electron chi connectivity index (χ1n) is 7.80. The normalized spacial score (nSPS) is 11.0. The molecule has 0 spiro atoms. The summed E-state index contributed by atoms with van der Waals surface area (Å²) in [6.45, 7) is 7.24. The Balaban J connectivity index is 2.12. The van der Waals surface area contributed by atoms with Crippen molar-refractivity contribution in [3.05, 3.63) is 36.0 Å². The second-order valence-corrected chi connectivity index (χ2v) is 5.32. The number of aromatic nitrogens is 1. The predicted molar refractivity (Wildman–Crippen MR) is 87.2 cm³/mol. The topological polar surface area (TPSA) is 46.1 Å². The van der Waals surface area contributed by atoms with Crippen LogP contribution in [0.15, 0.2) is 30.5 Å². The maximum Gasteiger partial charge on any atom is 0.239 e. The summed E-state index contributed by atoms with van der Waals surface area (Å²) in [6.07, 6.45) is 4.10. The standard InChI is InChI=1S/C17H25N3O/c1-3-9-18-12-14-6-5-7-16-15(14)8-11-20(16)13-17(21)19-10-4-2/h5-8,11,18H,3-4,9-10,12-13H2,1-2H3,(H,19,21). The molecule has 0 aliphatic rings. The fraction of sp³-hybridized carbons (Fsp3) is 0.471. The van der Waals surface area contributed by atoms with Gasteiger partial charge in [-0.2, -0.15) is 0 Å². The molecule has 1 amide bonds. The minimum absolute atomic E-state index is 0.0730. The average Bonchev–Trinajstić information content (AvgIpc) is 2.89. The first kappa shape index (κ1) is 15.6. The summed E-state index contributed by atoms with van der Waals surface area (Å²) in [7, 11) is 0. The van der Waals surface area contributed by atoms with Gasteiger partial charge in [0, 0.05) is 30.2 Å². The molecule has 1 heterocycles. The van der Waals surface area contributed by atoms with E-state index in [1.54, 1.807) is 0 Å². The van der Waals surface area contributed by atoms with Gasteiger partial charge in [-0.3, -0.25) is 4.79 Å². The van der Waals surface area contributed by atoms with Gasteiger partial charge in [0.05, 0.1) is 0 Å². The van der Waals surface area contributed by atoms with Gasteiger partial charge >= 0.3 is 0 Å². The van der Waals surface area contributed by atoms with Crippen molar-refractivity contribution in [1.82, 2.24) is 15.2 Å². The third-order valence-electron chi connectivity index (χ3n) is 3.53. The molecule has 4 heteroatoms. The van der Waals surface area contributed by atoms with E-state index in [-0.39, 0.29) is 5.91 Å². The van der Waals surface area contributed by atoms with E-state index < -0.39 is 0 Å². The van der Waals surface area contributed by atoms with Gasteiger partial charge in [-0.15, -0.1) is 0 Å². The lowest BCUT2D eigenvalue weighted by molar-refractivity contribution is -0.121. The molecule has 0 fully saturated rings. The quantitative estimate of drug-likeness (QED) is 0.733. The number of hydrogen-bond donors (Lipinski definition) is 2. The third kappa shape index (κ3) is 4.08. The van der Waals surface area contributed by atoms with Crippen molar-refractivity contribution in [1.29, 1.82) is 0 Å². The molecule has 2 N–H and O–H groups in total. The first-order valence-corrected chi connectivity index (χ1v) is 7.80. The van der Waals surface area contributed by atoms with Crippen LogP contribution >= 0.6 is 0 Å². The van der Waals surface area contributed by atoms with Crippen LogP contribution in [0.2, 0.25) is 0 Å². The van der Waals surface area contributed by atoms with Gasteiger partial charge in [-0.25, -0.2) is 0 Å². The van der Waals surface area contributed by atoms with E-state index in [0.717, 1.165) is 38.0 Å². The zero-order valence-electron chi connectivity index (χ0n) is 13.0. The van der Waals surface area contributed by atoms with Crippen LogP contribution in [0.3, 0.4) is 0 Å². The molecule has 0 saturated heterocycles. The predicted octanol–water partition coefficient (Wildman–Crippen LogP) is 2.67. The smallest absolute Gasteiger partial charge is 0.239 e. The Labute approximate surface area is 126 Å². The van der Waals surface area contributed by atoms with Gasteiger partial charge in [0.15, 0.2) is 0 Å². The van der Waals surface area contributed by atoms with Crippen molar-refractivity contribution < 1.29 is 4.79 Å². The Bertz CT molecular complexity index is 589. The molecule has 0 atom stereocenters. The van der Waals surface area contributed by atoms with Crippen molar-refractivity contribution in [3.63, 3.8) is 0 Å². The van der Waals surface area contributed by atoms with Crippen LogP contribution in [0.1, 0.15) is 32.3 Å².